The molecule has 5 atom stereocenters. The molecule has 1 N–H and O–H groups in total. The van der Waals surface area contributed by atoms with Gasteiger partial charge in [-0.2, -0.15) is 0 Å². The zero-order valence-electron chi connectivity index (χ0n) is 34.4. The van der Waals surface area contributed by atoms with E-state index in [9.17, 15) is 14.7 Å². The fraction of sp³-hybridized carbons (Fsp3) is 0.500. The third kappa shape index (κ3) is 6.06. The predicted molar refractivity (Wildman–Crippen MR) is 217 cm³/mol. The standard InChI is InChI=1S/C46H54N4O7/c1-27(2)11-9-16-44(8)17-15-31-36(51)35-37(52)33-25-30-26-34-43(6,7)57-45(40(30)53,46(33,34)56-39(35)32(38(31)55-44)13-12-28(3)4)18-14-29(5)41(54)49-21-23-50(24-22-49)42-47-19-10-20-48-42/h10-12,14-15,17,19-20,25,30,34,51H,9,13,16,18,21-24,26H2,1-8H3. The number of carbonyl (C=O) groups excluding carboxylic acids is 3. The maximum Gasteiger partial charge on any atom is 0.249 e. The first-order valence-electron chi connectivity index (χ1n) is 20.3. The van der Waals surface area contributed by atoms with Crippen LogP contribution in [0.25, 0.3) is 6.08 Å². The molecule has 1 amide bonds. The van der Waals surface area contributed by atoms with Crippen molar-refractivity contribution in [3.8, 4) is 17.2 Å². The SMILES string of the molecule is CC(C)=CCCC1(C)C=Cc2c(O)c3c(c(CC=C(C)C)c2O1)OC12C(=CC4CC1C(C)(C)OC2(CC=C(C)C(=O)N1CCN(c2ncccn2)CC1)C4=O)C3=O. The Hall–Kier alpha value is -5.03. The van der Waals surface area contributed by atoms with E-state index in [2.05, 4.69) is 40.9 Å². The molecule has 2 aromatic rings. The Kier molecular flexibility index (Phi) is 9.41. The average molecular weight is 775 g/mol. The van der Waals surface area contributed by atoms with Gasteiger partial charge in [0, 0.05) is 73.5 Å². The van der Waals surface area contributed by atoms with Crippen LogP contribution in [-0.2, 0) is 20.7 Å². The van der Waals surface area contributed by atoms with Crippen LogP contribution < -0.4 is 14.4 Å². The summed E-state index contributed by atoms with van der Waals surface area (Å²) in [5, 5.41) is 12.0. The first-order valence-corrected chi connectivity index (χ1v) is 20.3. The zero-order chi connectivity index (χ0) is 40.7. The molecule has 0 radical (unpaired) electrons. The smallest absolute Gasteiger partial charge is 0.249 e. The lowest BCUT2D eigenvalue weighted by Crippen LogP contribution is -2.72. The molecule has 9 rings (SSSR count). The van der Waals surface area contributed by atoms with E-state index >= 15 is 4.79 Å². The lowest BCUT2D eigenvalue weighted by molar-refractivity contribution is -0.171. The molecule has 1 aromatic heterocycles. The summed E-state index contributed by atoms with van der Waals surface area (Å²) in [4.78, 5) is 56.4. The number of rotatable bonds is 9. The van der Waals surface area contributed by atoms with Gasteiger partial charge in [0.2, 0.25) is 11.9 Å². The van der Waals surface area contributed by atoms with Crippen molar-refractivity contribution in [1.82, 2.24) is 14.9 Å². The Labute approximate surface area is 335 Å². The van der Waals surface area contributed by atoms with E-state index in [4.69, 9.17) is 14.2 Å². The van der Waals surface area contributed by atoms with Crippen molar-refractivity contribution < 1.29 is 33.7 Å². The lowest BCUT2D eigenvalue weighted by atomic mass is 9.51. The van der Waals surface area contributed by atoms with Crippen molar-refractivity contribution in [3.63, 3.8) is 0 Å². The van der Waals surface area contributed by atoms with E-state index in [-0.39, 0.29) is 46.9 Å². The minimum atomic E-state index is -1.59. The van der Waals surface area contributed by atoms with Gasteiger partial charge in [-0.3, -0.25) is 14.4 Å². The normalized spacial score (nSPS) is 29.1. The monoisotopic (exact) mass is 774 g/mol. The molecule has 5 heterocycles. The highest BCUT2D eigenvalue weighted by atomic mass is 16.6. The van der Waals surface area contributed by atoms with Crippen molar-refractivity contribution in [1.29, 1.82) is 0 Å². The largest absolute Gasteiger partial charge is 0.506 e. The summed E-state index contributed by atoms with van der Waals surface area (Å²) in [7, 11) is 0. The topological polar surface area (TPSA) is 131 Å². The highest BCUT2D eigenvalue weighted by molar-refractivity contribution is 6.19. The first-order chi connectivity index (χ1) is 27.0. The number of carbonyl (C=O) groups is 3. The maximum absolute atomic E-state index is 15.1. The van der Waals surface area contributed by atoms with Crippen molar-refractivity contribution >= 4 is 29.5 Å². The van der Waals surface area contributed by atoms with E-state index in [1.54, 1.807) is 37.5 Å². The number of aromatic nitrogens is 2. The Bertz CT molecular complexity index is 2200. The van der Waals surface area contributed by atoms with Gasteiger partial charge in [-0.25, -0.2) is 9.97 Å². The number of nitrogens with zero attached hydrogens (tertiary/aromatic N) is 4. The van der Waals surface area contributed by atoms with Crippen molar-refractivity contribution in [2.75, 3.05) is 31.1 Å². The summed E-state index contributed by atoms with van der Waals surface area (Å²) in [6, 6.07) is 1.78. The molecule has 300 valence electrons. The first kappa shape index (κ1) is 38.8. The van der Waals surface area contributed by atoms with Crippen LogP contribution in [-0.4, -0.2) is 86.0 Å². The van der Waals surface area contributed by atoms with Gasteiger partial charge >= 0.3 is 0 Å². The molecule has 1 aromatic carbocycles. The van der Waals surface area contributed by atoms with Gasteiger partial charge in [0.25, 0.3) is 0 Å². The number of ketones is 2. The summed E-state index contributed by atoms with van der Waals surface area (Å²) in [5.41, 5.74) is -0.331. The fourth-order valence-electron chi connectivity index (χ4n) is 9.99. The van der Waals surface area contributed by atoms with Crippen LogP contribution in [0.1, 0.15) is 103 Å². The third-order valence-electron chi connectivity index (χ3n) is 12.9. The van der Waals surface area contributed by atoms with Gasteiger partial charge in [-0.1, -0.05) is 35.5 Å². The van der Waals surface area contributed by atoms with Crippen LogP contribution in [0, 0.1) is 11.8 Å². The van der Waals surface area contributed by atoms with Crippen molar-refractivity contribution in [2.45, 2.75) is 110 Å². The summed E-state index contributed by atoms with van der Waals surface area (Å²) < 4.78 is 21.2. The summed E-state index contributed by atoms with van der Waals surface area (Å²) in [5.74, 6) is -0.449. The van der Waals surface area contributed by atoms with E-state index in [0.29, 0.717) is 79.4 Å². The van der Waals surface area contributed by atoms with Gasteiger partial charge in [0.05, 0.1) is 11.2 Å². The molecule has 57 heavy (non-hydrogen) atoms. The maximum atomic E-state index is 15.1. The highest BCUT2D eigenvalue weighted by Crippen LogP contribution is 2.68. The number of aromatic hydroxyl groups is 1. The molecule has 4 bridgehead atoms. The molecule has 3 fully saturated rings. The van der Waals surface area contributed by atoms with Crippen LogP contribution in [0.3, 0.4) is 0 Å². The molecule has 1 spiro atoms. The Morgan fingerprint density at radius 3 is 2.33 bits per heavy atom. The number of anilines is 1. The van der Waals surface area contributed by atoms with E-state index in [1.165, 1.54) is 5.57 Å². The Morgan fingerprint density at radius 1 is 0.947 bits per heavy atom. The Morgan fingerprint density at radius 2 is 1.65 bits per heavy atom. The second-order valence-corrected chi connectivity index (χ2v) is 17.8. The van der Waals surface area contributed by atoms with Gasteiger partial charge in [0.15, 0.2) is 22.8 Å². The number of allylic oxidation sites excluding steroid dienone is 5. The summed E-state index contributed by atoms with van der Waals surface area (Å²) in [6.45, 7) is 18.1. The van der Waals surface area contributed by atoms with Crippen LogP contribution >= 0.6 is 0 Å². The molecule has 11 heteroatoms. The fourth-order valence-corrected chi connectivity index (χ4v) is 9.99. The number of hydrogen-bond acceptors (Lipinski definition) is 10. The van der Waals surface area contributed by atoms with E-state index in [1.807, 2.05) is 51.7 Å². The molecule has 3 aliphatic carbocycles. The predicted octanol–water partition coefficient (Wildman–Crippen LogP) is 7.29. The Balaban J connectivity index is 1.19. The minimum Gasteiger partial charge on any atom is -0.506 e. The van der Waals surface area contributed by atoms with E-state index < -0.39 is 28.3 Å². The number of phenolic OH excluding ortho intramolecular Hbond substituents is 1. The van der Waals surface area contributed by atoms with Crippen molar-refractivity contribution in [3.05, 3.63) is 87.8 Å². The zero-order valence-corrected chi connectivity index (χ0v) is 34.4. The van der Waals surface area contributed by atoms with Crippen LogP contribution in [0.5, 0.6) is 17.2 Å². The van der Waals surface area contributed by atoms with Gasteiger partial charge in [-0.05, 0) is 99.3 Å². The average Bonchev–Trinajstić information content (AvgIpc) is 3.33. The second kappa shape index (κ2) is 13.8. The molecular formula is C46H54N4O7. The number of hydrogen-bond donors (Lipinski definition) is 1. The highest BCUT2D eigenvalue weighted by Gasteiger charge is 2.81. The van der Waals surface area contributed by atoms with Gasteiger partial charge < -0.3 is 29.1 Å². The van der Waals surface area contributed by atoms with Crippen molar-refractivity contribution in [2.24, 2.45) is 11.8 Å². The van der Waals surface area contributed by atoms with Crippen LogP contribution in [0.2, 0.25) is 0 Å². The van der Waals surface area contributed by atoms with Crippen LogP contribution in [0.4, 0.5) is 5.95 Å². The number of amides is 1. The van der Waals surface area contributed by atoms with Crippen LogP contribution in [0.15, 0.2) is 71.1 Å². The lowest BCUT2D eigenvalue weighted by Gasteiger charge is -2.56. The third-order valence-corrected chi connectivity index (χ3v) is 12.9. The number of Topliss-reactive ketones (excluding diaryl/α,β-unsaturated/α-hetero) is 2. The second-order valence-electron chi connectivity index (χ2n) is 17.8. The van der Waals surface area contributed by atoms with Gasteiger partial charge in [-0.15, -0.1) is 0 Å². The molecule has 2 saturated heterocycles. The summed E-state index contributed by atoms with van der Waals surface area (Å²) >= 11 is 0. The number of ether oxygens (including phenoxy) is 3. The molecule has 4 aliphatic heterocycles. The van der Waals surface area contributed by atoms with E-state index in [0.717, 1.165) is 12.0 Å². The quantitative estimate of drug-likeness (QED) is 0.205. The van der Waals surface area contributed by atoms with Gasteiger partial charge in [0.1, 0.15) is 28.4 Å². The minimum absolute atomic E-state index is 0.0412. The molecule has 1 saturated carbocycles. The number of phenols is 1. The molecule has 7 aliphatic rings. The number of fused-ring (bicyclic) bond motifs is 2. The molecular weight excluding hydrogens is 721 g/mol. The molecule has 11 nitrogen and oxygen atoms in total. The molecule has 5 unspecified atom stereocenters. The number of piperazine rings is 1. The summed E-state index contributed by atoms with van der Waals surface area (Å²) in [6.07, 6.45) is 17.4. The number of benzene rings is 1.